The Balaban J connectivity index is 1.95. The molecule has 3 aromatic rings. The van der Waals surface area contributed by atoms with Crippen molar-refractivity contribution in [3.8, 4) is 6.07 Å². The minimum Gasteiger partial charge on any atom is -0.338 e. The Hall–Kier alpha value is -2.95. The van der Waals surface area contributed by atoms with Gasteiger partial charge in [-0.25, -0.2) is 0 Å². The van der Waals surface area contributed by atoms with E-state index in [2.05, 4.69) is 78.9 Å². The predicted octanol–water partition coefficient (Wildman–Crippen LogP) is 3.50. The van der Waals surface area contributed by atoms with Gasteiger partial charge in [-0.1, -0.05) is 54.6 Å². The quantitative estimate of drug-likeness (QED) is 0.596. The molecule has 0 aliphatic carbocycles. The van der Waals surface area contributed by atoms with Gasteiger partial charge >= 0.3 is 0 Å². The average Bonchev–Trinajstić information content (AvgIpc) is 3.16. The normalized spacial score (nSPS) is 16.6. The topological polar surface area (TPSA) is 44.1 Å². The number of hydrogen-bond donors (Lipinski definition) is 0. The van der Waals surface area contributed by atoms with Gasteiger partial charge in [-0.3, -0.25) is 4.79 Å². The van der Waals surface area contributed by atoms with Crippen molar-refractivity contribution in [1.82, 2.24) is 4.90 Å². The van der Waals surface area contributed by atoms with E-state index in [0.717, 1.165) is 13.0 Å². The average molecular weight is 399 g/mol. The van der Waals surface area contributed by atoms with Crippen LogP contribution in [0.25, 0.3) is 0 Å². The molecular formula is C25H24N2OP+. The number of rotatable bonds is 6. The van der Waals surface area contributed by atoms with Gasteiger partial charge in [0.05, 0.1) is 12.5 Å². The Morgan fingerprint density at radius 3 is 1.69 bits per heavy atom. The third-order valence-corrected chi connectivity index (χ3v) is 10.5. The molecule has 1 aliphatic heterocycles. The molecule has 1 heterocycles. The molecular weight excluding hydrogens is 375 g/mol. The van der Waals surface area contributed by atoms with Crippen molar-refractivity contribution in [3.05, 3.63) is 91.0 Å². The molecule has 1 fully saturated rings. The van der Waals surface area contributed by atoms with Crippen LogP contribution in [-0.4, -0.2) is 29.6 Å². The summed E-state index contributed by atoms with van der Waals surface area (Å²) in [6, 6.07) is 33.8. The van der Waals surface area contributed by atoms with Crippen LogP contribution in [0.1, 0.15) is 12.8 Å². The Morgan fingerprint density at radius 1 is 0.828 bits per heavy atom. The smallest absolute Gasteiger partial charge is 0.264 e. The summed E-state index contributed by atoms with van der Waals surface area (Å²) < 4.78 is 0. The van der Waals surface area contributed by atoms with Crippen LogP contribution in [0.2, 0.25) is 0 Å². The minimum absolute atomic E-state index is 0.103. The van der Waals surface area contributed by atoms with Crippen LogP contribution in [0.4, 0.5) is 0 Å². The lowest BCUT2D eigenvalue weighted by atomic mass is 10.3. The first-order valence-corrected chi connectivity index (χ1v) is 11.9. The lowest BCUT2D eigenvalue weighted by Crippen LogP contribution is -2.43. The van der Waals surface area contributed by atoms with E-state index in [0.29, 0.717) is 13.0 Å². The number of amides is 1. The van der Waals surface area contributed by atoms with Crippen LogP contribution in [0.3, 0.4) is 0 Å². The Bertz CT molecular complexity index is 903. The first-order chi connectivity index (χ1) is 14.3. The molecule has 0 radical (unpaired) electrons. The van der Waals surface area contributed by atoms with E-state index < -0.39 is 7.26 Å². The largest absolute Gasteiger partial charge is 0.338 e. The molecule has 0 spiro atoms. The number of hydrogen-bond acceptors (Lipinski definition) is 2. The summed E-state index contributed by atoms with van der Waals surface area (Å²) in [4.78, 5) is 15.5. The molecule has 3 nitrogen and oxygen atoms in total. The molecule has 0 aromatic heterocycles. The zero-order chi connectivity index (χ0) is 20.1. The van der Waals surface area contributed by atoms with Crippen molar-refractivity contribution < 1.29 is 4.79 Å². The SMILES string of the molecule is N#CCCN1CC[C@@H]([P+](c2ccccc2)(c2ccccc2)c2ccccc2)C1=O. The standard InChI is InChI=1S/C25H24N2OP/c26-18-10-19-27-20-17-24(25(27)28)29(21-11-4-1-5-12-21,22-13-6-2-7-14-22)23-15-8-3-9-16-23/h1-9,11-16,24H,10,17,19-20H2/q+1/t24-/m1/s1. The van der Waals surface area contributed by atoms with Crippen molar-refractivity contribution in [2.45, 2.75) is 18.5 Å². The summed E-state index contributed by atoms with van der Waals surface area (Å²) in [5.41, 5.74) is -0.103. The molecule has 29 heavy (non-hydrogen) atoms. The molecule has 0 saturated carbocycles. The summed E-state index contributed by atoms with van der Waals surface area (Å²) >= 11 is 0. The lowest BCUT2D eigenvalue weighted by molar-refractivity contribution is -0.127. The number of carbonyl (C=O) groups excluding carboxylic acids is 1. The summed E-state index contributed by atoms with van der Waals surface area (Å²) in [7, 11) is -2.20. The molecule has 1 aliphatic rings. The third-order valence-electron chi connectivity index (χ3n) is 5.72. The first kappa shape index (κ1) is 19.4. The molecule has 1 saturated heterocycles. The van der Waals surface area contributed by atoms with Crippen molar-refractivity contribution in [2.24, 2.45) is 0 Å². The van der Waals surface area contributed by atoms with Crippen LogP contribution in [0.15, 0.2) is 91.0 Å². The first-order valence-electron chi connectivity index (χ1n) is 10.00. The molecule has 4 heteroatoms. The highest BCUT2D eigenvalue weighted by molar-refractivity contribution is 7.96. The maximum Gasteiger partial charge on any atom is 0.264 e. The summed E-state index contributed by atoms with van der Waals surface area (Å²) in [6.07, 6.45) is 1.20. The fourth-order valence-electron chi connectivity index (χ4n) is 4.47. The van der Waals surface area contributed by atoms with E-state index in [4.69, 9.17) is 5.26 Å². The van der Waals surface area contributed by atoms with Crippen LogP contribution in [0.5, 0.6) is 0 Å². The van der Waals surface area contributed by atoms with Gasteiger partial charge in [-0.05, 0) is 36.4 Å². The molecule has 144 valence electrons. The number of likely N-dealkylation sites (tertiary alicyclic amines) is 1. The molecule has 1 amide bonds. The van der Waals surface area contributed by atoms with E-state index in [1.54, 1.807) is 0 Å². The second-order valence-electron chi connectivity index (χ2n) is 7.27. The highest BCUT2D eigenvalue weighted by Crippen LogP contribution is 2.62. The zero-order valence-corrected chi connectivity index (χ0v) is 17.2. The minimum atomic E-state index is -2.20. The van der Waals surface area contributed by atoms with Gasteiger partial charge in [-0.15, -0.1) is 0 Å². The second kappa shape index (κ2) is 8.60. The molecule has 1 atom stereocenters. The van der Waals surface area contributed by atoms with Crippen LogP contribution in [-0.2, 0) is 4.79 Å². The maximum absolute atomic E-state index is 13.6. The molecule has 0 N–H and O–H groups in total. The summed E-state index contributed by atoms with van der Waals surface area (Å²) in [5, 5.41) is 12.7. The van der Waals surface area contributed by atoms with Crippen LogP contribution >= 0.6 is 7.26 Å². The Labute approximate surface area is 172 Å². The highest BCUT2D eigenvalue weighted by atomic mass is 31.2. The zero-order valence-electron chi connectivity index (χ0n) is 16.3. The van der Waals surface area contributed by atoms with Gasteiger partial charge in [0.1, 0.15) is 23.2 Å². The van der Waals surface area contributed by atoms with Crippen molar-refractivity contribution in [3.63, 3.8) is 0 Å². The van der Waals surface area contributed by atoms with Gasteiger partial charge in [0.25, 0.3) is 5.91 Å². The van der Waals surface area contributed by atoms with E-state index in [1.165, 1.54) is 15.9 Å². The Kier molecular flexibility index (Phi) is 5.74. The fourth-order valence-corrected chi connectivity index (χ4v) is 9.36. The monoisotopic (exact) mass is 399 g/mol. The number of carbonyl (C=O) groups is 1. The van der Waals surface area contributed by atoms with E-state index in [1.807, 2.05) is 23.1 Å². The van der Waals surface area contributed by atoms with Gasteiger partial charge in [0.15, 0.2) is 5.66 Å². The summed E-state index contributed by atoms with van der Waals surface area (Å²) in [5.74, 6) is 0.185. The molecule has 3 aromatic carbocycles. The molecule has 0 unspecified atom stereocenters. The van der Waals surface area contributed by atoms with Crippen molar-refractivity contribution in [2.75, 3.05) is 13.1 Å². The maximum atomic E-state index is 13.6. The van der Waals surface area contributed by atoms with E-state index in [-0.39, 0.29) is 11.6 Å². The predicted molar refractivity (Wildman–Crippen MR) is 120 cm³/mol. The molecule has 4 rings (SSSR count). The third kappa shape index (κ3) is 3.46. The Morgan fingerprint density at radius 2 is 1.28 bits per heavy atom. The van der Waals surface area contributed by atoms with Crippen molar-refractivity contribution >= 4 is 29.1 Å². The van der Waals surface area contributed by atoms with E-state index >= 15 is 0 Å². The van der Waals surface area contributed by atoms with Gasteiger partial charge < -0.3 is 4.90 Å². The number of benzene rings is 3. The number of nitrogens with zero attached hydrogens (tertiary/aromatic N) is 2. The number of nitriles is 1. The van der Waals surface area contributed by atoms with E-state index in [9.17, 15) is 4.79 Å². The second-order valence-corrected chi connectivity index (χ2v) is 10.9. The van der Waals surface area contributed by atoms with Gasteiger partial charge in [0, 0.05) is 19.5 Å². The lowest BCUT2D eigenvalue weighted by Gasteiger charge is -2.31. The van der Waals surface area contributed by atoms with Gasteiger partial charge in [0.2, 0.25) is 0 Å². The summed E-state index contributed by atoms with van der Waals surface area (Å²) in [6.45, 7) is 1.24. The van der Waals surface area contributed by atoms with Gasteiger partial charge in [-0.2, -0.15) is 5.26 Å². The van der Waals surface area contributed by atoms with Crippen LogP contribution < -0.4 is 15.9 Å². The van der Waals surface area contributed by atoms with Crippen molar-refractivity contribution in [1.29, 1.82) is 5.26 Å². The molecule has 0 bridgehead atoms. The highest BCUT2D eigenvalue weighted by Gasteiger charge is 2.58. The fraction of sp³-hybridized carbons (Fsp3) is 0.200. The van der Waals surface area contributed by atoms with Crippen LogP contribution in [0, 0.1) is 11.3 Å².